The van der Waals surface area contributed by atoms with E-state index in [1.165, 1.54) is 0 Å². The highest BCUT2D eigenvalue weighted by Gasteiger charge is 2.16. The predicted octanol–water partition coefficient (Wildman–Crippen LogP) is 2.95. The Morgan fingerprint density at radius 1 is 1.30 bits per heavy atom. The summed E-state index contributed by atoms with van der Waals surface area (Å²) < 4.78 is 0. The van der Waals surface area contributed by atoms with Crippen molar-refractivity contribution in [3.05, 3.63) is 53.7 Å². The first-order chi connectivity index (χ1) is 9.61. The third kappa shape index (κ3) is 3.07. The molecule has 2 rings (SSSR count). The van der Waals surface area contributed by atoms with Crippen LogP contribution in [0, 0.1) is 11.3 Å². The minimum absolute atomic E-state index is 0.235. The van der Waals surface area contributed by atoms with Gasteiger partial charge in [-0.3, -0.25) is 0 Å². The fraction of sp³-hybridized carbons (Fsp3) is 0.250. The summed E-state index contributed by atoms with van der Waals surface area (Å²) in [5.41, 5.74) is 8.25. The van der Waals surface area contributed by atoms with Gasteiger partial charge in [0.25, 0.3) is 0 Å². The second-order valence-corrected chi connectivity index (χ2v) is 4.95. The number of hydrogen-bond donors (Lipinski definition) is 1. The van der Waals surface area contributed by atoms with E-state index in [2.05, 4.69) is 29.8 Å². The Balaban J connectivity index is 2.35. The molecule has 4 nitrogen and oxygen atoms in total. The van der Waals surface area contributed by atoms with Gasteiger partial charge < -0.3 is 10.6 Å². The van der Waals surface area contributed by atoms with E-state index in [-0.39, 0.29) is 6.04 Å². The summed E-state index contributed by atoms with van der Waals surface area (Å²) in [6.45, 7) is 4.85. The van der Waals surface area contributed by atoms with Crippen LogP contribution in [0.15, 0.2) is 42.6 Å². The fourth-order valence-corrected chi connectivity index (χ4v) is 2.10. The fourth-order valence-electron chi connectivity index (χ4n) is 2.10. The van der Waals surface area contributed by atoms with Gasteiger partial charge in [0, 0.05) is 24.5 Å². The summed E-state index contributed by atoms with van der Waals surface area (Å²) in [5.74, 6) is 0.715. The topological polar surface area (TPSA) is 65.9 Å². The lowest BCUT2D eigenvalue weighted by molar-refractivity contribution is 0.671. The molecule has 2 aromatic rings. The zero-order chi connectivity index (χ0) is 14.5. The Hall–Kier alpha value is -2.54. The summed E-state index contributed by atoms with van der Waals surface area (Å²) in [6.07, 6.45) is 1.71. The Kier molecular flexibility index (Phi) is 4.21. The number of anilines is 2. The molecular formula is C16H18N4. The van der Waals surface area contributed by atoms with Crippen LogP contribution in [0.3, 0.4) is 0 Å². The van der Waals surface area contributed by atoms with Crippen molar-refractivity contribution in [2.45, 2.75) is 26.4 Å². The van der Waals surface area contributed by atoms with Crippen molar-refractivity contribution in [3.63, 3.8) is 0 Å². The summed E-state index contributed by atoms with van der Waals surface area (Å²) in [4.78, 5) is 6.47. The first-order valence-corrected chi connectivity index (χ1v) is 6.58. The Labute approximate surface area is 119 Å². The second kappa shape index (κ2) is 6.07. The highest BCUT2D eigenvalue weighted by Crippen LogP contribution is 2.22. The molecule has 0 aliphatic heterocycles. The highest BCUT2D eigenvalue weighted by atomic mass is 15.2. The van der Waals surface area contributed by atoms with E-state index in [0.717, 1.165) is 11.3 Å². The van der Waals surface area contributed by atoms with Gasteiger partial charge in [0.2, 0.25) is 0 Å². The molecule has 1 heterocycles. The summed E-state index contributed by atoms with van der Waals surface area (Å²) in [6, 6.07) is 13.8. The number of aromatic nitrogens is 1. The van der Waals surface area contributed by atoms with E-state index in [1.54, 1.807) is 18.3 Å². The quantitative estimate of drug-likeness (QED) is 0.864. The number of nitriles is 1. The largest absolute Gasteiger partial charge is 0.399 e. The maximum absolute atomic E-state index is 9.22. The third-order valence-electron chi connectivity index (χ3n) is 3.11. The summed E-state index contributed by atoms with van der Waals surface area (Å²) in [5, 5.41) is 9.22. The molecule has 20 heavy (non-hydrogen) atoms. The van der Waals surface area contributed by atoms with Gasteiger partial charge in [-0.15, -0.1) is 0 Å². The molecule has 4 heteroatoms. The van der Waals surface area contributed by atoms with E-state index in [1.807, 2.05) is 24.3 Å². The van der Waals surface area contributed by atoms with E-state index in [4.69, 9.17) is 5.73 Å². The van der Waals surface area contributed by atoms with E-state index in [9.17, 15) is 5.26 Å². The first kappa shape index (κ1) is 13.9. The zero-order valence-electron chi connectivity index (χ0n) is 11.7. The predicted molar refractivity (Wildman–Crippen MR) is 81.1 cm³/mol. The van der Waals surface area contributed by atoms with E-state index >= 15 is 0 Å². The molecule has 0 saturated heterocycles. The molecule has 0 amide bonds. The lowest BCUT2D eigenvalue weighted by Crippen LogP contribution is -2.31. The van der Waals surface area contributed by atoms with Crippen molar-refractivity contribution >= 4 is 11.5 Å². The van der Waals surface area contributed by atoms with Crippen LogP contribution in [0.4, 0.5) is 11.5 Å². The molecule has 2 N–H and O–H groups in total. The van der Waals surface area contributed by atoms with Gasteiger partial charge in [-0.25, -0.2) is 4.98 Å². The minimum atomic E-state index is 0.235. The lowest BCUT2D eigenvalue weighted by atomic mass is 10.1. The molecule has 102 valence electrons. The van der Waals surface area contributed by atoms with Crippen LogP contribution in [-0.4, -0.2) is 11.0 Å². The van der Waals surface area contributed by atoms with Crippen molar-refractivity contribution in [1.82, 2.24) is 4.98 Å². The zero-order valence-corrected chi connectivity index (χ0v) is 11.7. The molecule has 0 bridgehead atoms. The van der Waals surface area contributed by atoms with Gasteiger partial charge in [0.05, 0.1) is 5.56 Å². The number of pyridine rings is 1. The van der Waals surface area contributed by atoms with Crippen molar-refractivity contribution < 1.29 is 0 Å². The molecule has 1 aromatic carbocycles. The summed E-state index contributed by atoms with van der Waals surface area (Å²) in [7, 11) is 0. The molecule has 0 fully saturated rings. The van der Waals surface area contributed by atoms with Crippen LogP contribution >= 0.6 is 0 Å². The first-order valence-electron chi connectivity index (χ1n) is 6.58. The molecule has 1 aromatic heterocycles. The van der Waals surface area contributed by atoms with Crippen LogP contribution in [0.5, 0.6) is 0 Å². The molecular weight excluding hydrogens is 248 g/mol. The molecule has 0 aliphatic carbocycles. The Morgan fingerprint density at radius 3 is 2.75 bits per heavy atom. The number of nitrogen functional groups attached to an aromatic ring is 1. The van der Waals surface area contributed by atoms with Gasteiger partial charge in [0.1, 0.15) is 11.9 Å². The average Bonchev–Trinajstić information content (AvgIpc) is 2.44. The molecule has 0 saturated carbocycles. The highest BCUT2D eigenvalue weighted by molar-refractivity contribution is 5.54. The normalized spacial score (nSPS) is 10.3. The molecule has 0 radical (unpaired) electrons. The van der Waals surface area contributed by atoms with Crippen LogP contribution in [0.25, 0.3) is 0 Å². The van der Waals surface area contributed by atoms with Crippen LogP contribution in [-0.2, 0) is 6.54 Å². The Morgan fingerprint density at radius 2 is 2.10 bits per heavy atom. The monoisotopic (exact) mass is 266 g/mol. The minimum Gasteiger partial charge on any atom is -0.399 e. The SMILES string of the molecule is CC(C)N(Cc1cccc(N)c1)c1ncccc1C#N. The van der Waals surface area contributed by atoms with Crippen molar-refractivity contribution in [3.8, 4) is 6.07 Å². The third-order valence-corrected chi connectivity index (χ3v) is 3.11. The number of hydrogen-bond acceptors (Lipinski definition) is 4. The molecule has 0 unspecified atom stereocenters. The number of nitrogens with two attached hydrogens (primary N) is 1. The number of benzene rings is 1. The van der Waals surface area contributed by atoms with Gasteiger partial charge >= 0.3 is 0 Å². The number of rotatable bonds is 4. The smallest absolute Gasteiger partial charge is 0.147 e. The molecule has 0 spiro atoms. The summed E-state index contributed by atoms with van der Waals surface area (Å²) >= 11 is 0. The standard InChI is InChI=1S/C16H18N4/c1-12(2)20(11-13-5-3-7-15(18)9-13)16-14(10-17)6-4-8-19-16/h3-9,12H,11,18H2,1-2H3. The van der Waals surface area contributed by atoms with Gasteiger partial charge in [0.15, 0.2) is 0 Å². The van der Waals surface area contributed by atoms with E-state index < -0.39 is 0 Å². The second-order valence-electron chi connectivity index (χ2n) is 4.95. The van der Waals surface area contributed by atoms with Crippen LogP contribution in [0.2, 0.25) is 0 Å². The maximum atomic E-state index is 9.22. The van der Waals surface area contributed by atoms with Crippen molar-refractivity contribution in [2.24, 2.45) is 0 Å². The average molecular weight is 266 g/mol. The van der Waals surface area contributed by atoms with Gasteiger partial charge in [-0.1, -0.05) is 12.1 Å². The maximum Gasteiger partial charge on any atom is 0.147 e. The molecule has 0 aliphatic rings. The molecule has 0 atom stereocenters. The van der Waals surface area contributed by atoms with Gasteiger partial charge in [-0.05, 0) is 43.7 Å². The van der Waals surface area contributed by atoms with Crippen molar-refractivity contribution in [2.75, 3.05) is 10.6 Å². The lowest BCUT2D eigenvalue weighted by Gasteiger charge is -2.28. The van der Waals surface area contributed by atoms with Crippen LogP contribution in [0.1, 0.15) is 25.0 Å². The Bertz CT molecular complexity index is 628. The van der Waals surface area contributed by atoms with Crippen molar-refractivity contribution in [1.29, 1.82) is 5.26 Å². The van der Waals surface area contributed by atoms with E-state index in [0.29, 0.717) is 17.9 Å². The number of nitrogens with zero attached hydrogens (tertiary/aromatic N) is 3. The van der Waals surface area contributed by atoms with Gasteiger partial charge in [-0.2, -0.15) is 5.26 Å². The van der Waals surface area contributed by atoms with Crippen LogP contribution < -0.4 is 10.6 Å².